The van der Waals surface area contributed by atoms with E-state index in [2.05, 4.69) is 17.1 Å². The smallest absolute Gasteiger partial charge is 0.120 e. The summed E-state index contributed by atoms with van der Waals surface area (Å²) in [7, 11) is 1.67. The molecule has 5 heteroatoms. The topological polar surface area (TPSA) is 50.5 Å². The van der Waals surface area contributed by atoms with Crippen LogP contribution >= 0.6 is 12.2 Å². The molecule has 3 N–H and O–H groups in total. The average molecular weight is 307 g/mol. The predicted octanol–water partition coefficient (Wildman–Crippen LogP) is 2.47. The van der Waals surface area contributed by atoms with Crippen LogP contribution in [-0.2, 0) is 0 Å². The summed E-state index contributed by atoms with van der Waals surface area (Å²) in [6, 6.07) is 5.78. The van der Waals surface area contributed by atoms with Crippen molar-refractivity contribution in [2.45, 2.75) is 19.8 Å². The lowest BCUT2D eigenvalue weighted by atomic mass is 9.96. The van der Waals surface area contributed by atoms with Gasteiger partial charge in [0.2, 0.25) is 0 Å². The molecule has 1 aliphatic heterocycles. The summed E-state index contributed by atoms with van der Waals surface area (Å²) < 4.78 is 5.28. The quantitative estimate of drug-likeness (QED) is 0.791. The van der Waals surface area contributed by atoms with Gasteiger partial charge in [0.05, 0.1) is 7.11 Å². The van der Waals surface area contributed by atoms with Crippen LogP contribution < -0.4 is 15.8 Å². The maximum atomic E-state index is 5.80. The number of piperidine rings is 1. The molecule has 1 aromatic carbocycles. The average Bonchev–Trinajstić information content (AvgIpc) is 2.52. The first kappa shape index (κ1) is 16.0. The highest BCUT2D eigenvalue weighted by molar-refractivity contribution is 7.80. The molecule has 0 radical (unpaired) electrons. The first-order valence-corrected chi connectivity index (χ1v) is 7.99. The molecule has 1 aliphatic rings. The fourth-order valence-electron chi connectivity index (χ4n) is 2.77. The maximum absolute atomic E-state index is 5.80. The van der Waals surface area contributed by atoms with Gasteiger partial charge in [-0.05, 0) is 50.5 Å². The standard InChI is InChI=1S/C16H25N3OS/c1-3-19-8-6-12(7-9-19)11-18-15-10-13(20-2)4-5-14(15)16(17)21/h4-5,10,12,18H,3,6-9,11H2,1-2H3,(H2,17,21). The normalized spacial score (nSPS) is 16.7. The molecule has 1 aromatic rings. The van der Waals surface area contributed by atoms with E-state index in [1.165, 1.54) is 25.9 Å². The van der Waals surface area contributed by atoms with Gasteiger partial charge in [0.25, 0.3) is 0 Å². The molecule has 0 unspecified atom stereocenters. The molecular weight excluding hydrogens is 282 g/mol. The molecular formula is C16H25N3OS. The molecule has 0 saturated carbocycles. The second-order valence-corrected chi connectivity index (χ2v) is 5.97. The fraction of sp³-hybridized carbons (Fsp3) is 0.562. The summed E-state index contributed by atoms with van der Waals surface area (Å²) in [5.41, 5.74) is 7.65. The summed E-state index contributed by atoms with van der Waals surface area (Å²) >= 11 is 5.12. The lowest BCUT2D eigenvalue weighted by molar-refractivity contribution is 0.198. The van der Waals surface area contributed by atoms with Crippen molar-refractivity contribution in [2.24, 2.45) is 11.7 Å². The van der Waals surface area contributed by atoms with Gasteiger partial charge in [-0.1, -0.05) is 19.1 Å². The van der Waals surface area contributed by atoms with Crippen LogP contribution in [0, 0.1) is 5.92 Å². The third kappa shape index (κ3) is 4.32. The Morgan fingerprint density at radius 1 is 1.43 bits per heavy atom. The number of nitrogens with zero attached hydrogens (tertiary/aromatic N) is 1. The van der Waals surface area contributed by atoms with Gasteiger partial charge < -0.3 is 20.7 Å². The SMILES string of the molecule is CCN1CCC(CNc2cc(OC)ccc2C(N)=S)CC1. The predicted molar refractivity (Wildman–Crippen MR) is 92.2 cm³/mol. The minimum Gasteiger partial charge on any atom is -0.497 e. The van der Waals surface area contributed by atoms with Crippen LogP contribution in [0.4, 0.5) is 5.69 Å². The Balaban J connectivity index is 1.97. The van der Waals surface area contributed by atoms with Crippen LogP contribution in [-0.4, -0.2) is 43.2 Å². The number of hydrogen-bond acceptors (Lipinski definition) is 4. The van der Waals surface area contributed by atoms with Crippen molar-refractivity contribution < 1.29 is 4.74 Å². The van der Waals surface area contributed by atoms with Crippen molar-refractivity contribution in [2.75, 3.05) is 38.6 Å². The molecule has 0 aliphatic carbocycles. The zero-order valence-corrected chi connectivity index (χ0v) is 13.7. The van der Waals surface area contributed by atoms with E-state index in [-0.39, 0.29) is 0 Å². The van der Waals surface area contributed by atoms with Crippen LogP contribution in [0.2, 0.25) is 0 Å². The Bertz CT molecular complexity index is 484. The first-order chi connectivity index (χ1) is 10.1. The Hall–Kier alpha value is -1.33. The fourth-order valence-corrected chi connectivity index (χ4v) is 2.95. The van der Waals surface area contributed by atoms with Gasteiger partial charge in [-0.2, -0.15) is 0 Å². The molecule has 116 valence electrons. The van der Waals surface area contributed by atoms with Crippen molar-refractivity contribution in [3.8, 4) is 5.75 Å². The summed E-state index contributed by atoms with van der Waals surface area (Å²) in [4.78, 5) is 2.92. The molecule has 1 heterocycles. The monoisotopic (exact) mass is 307 g/mol. The Kier molecular flexibility index (Phi) is 5.82. The van der Waals surface area contributed by atoms with E-state index in [0.29, 0.717) is 10.9 Å². The number of nitrogens with one attached hydrogen (secondary N) is 1. The van der Waals surface area contributed by atoms with Gasteiger partial charge >= 0.3 is 0 Å². The third-order valence-corrected chi connectivity index (χ3v) is 4.45. The zero-order valence-electron chi connectivity index (χ0n) is 12.9. The van der Waals surface area contributed by atoms with E-state index in [9.17, 15) is 0 Å². The van der Waals surface area contributed by atoms with Gasteiger partial charge in [-0.25, -0.2) is 0 Å². The van der Waals surface area contributed by atoms with Crippen LogP contribution in [0.3, 0.4) is 0 Å². The molecule has 0 bridgehead atoms. The Morgan fingerprint density at radius 2 is 2.14 bits per heavy atom. The van der Waals surface area contributed by atoms with E-state index in [0.717, 1.165) is 30.1 Å². The number of likely N-dealkylation sites (tertiary alicyclic amines) is 1. The number of methoxy groups -OCH3 is 1. The lowest BCUT2D eigenvalue weighted by Crippen LogP contribution is -2.35. The van der Waals surface area contributed by atoms with Crippen molar-refractivity contribution in [1.29, 1.82) is 0 Å². The third-order valence-electron chi connectivity index (χ3n) is 4.23. The highest BCUT2D eigenvalue weighted by Gasteiger charge is 2.18. The van der Waals surface area contributed by atoms with Crippen LogP contribution in [0.5, 0.6) is 5.75 Å². The highest BCUT2D eigenvalue weighted by atomic mass is 32.1. The van der Waals surface area contributed by atoms with E-state index < -0.39 is 0 Å². The molecule has 0 spiro atoms. The van der Waals surface area contributed by atoms with Crippen molar-refractivity contribution >= 4 is 22.9 Å². The molecule has 0 amide bonds. The van der Waals surface area contributed by atoms with Crippen molar-refractivity contribution in [1.82, 2.24) is 4.90 Å². The number of nitrogens with two attached hydrogens (primary N) is 1. The summed E-state index contributed by atoms with van der Waals surface area (Å²) in [6.45, 7) is 6.73. The number of ether oxygens (including phenoxy) is 1. The maximum Gasteiger partial charge on any atom is 0.120 e. The number of anilines is 1. The van der Waals surface area contributed by atoms with Crippen LogP contribution in [0.25, 0.3) is 0 Å². The summed E-state index contributed by atoms with van der Waals surface area (Å²) in [5, 5.41) is 3.51. The number of rotatable bonds is 6. The van der Waals surface area contributed by atoms with Gasteiger partial charge in [0.1, 0.15) is 10.7 Å². The van der Waals surface area contributed by atoms with Gasteiger partial charge in [0, 0.05) is 23.9 Å². The van der Waals surface area contributed by atoms with Crippen LogP contribution in [0.1, 0.15) is 25.3 Å². The van der Waals surface area contributed by atoms with E-state index in [1.807, 2.05) is 18.2 Å². The van der Waals surface area contributed by atoms with E-state index >= 15 is 0 Å². The minimum atomic E-state index is 0.418. The second kappa shape index (κ2) is 7.61. The number of hydrogen-bond donors (Lipinski definition) is 2. The first-order valence-electron chi connectivity index (χ1n) is 7.58. The molecule has 0 aromatic heterocycles. The summed E-state index contributed by atoms with van der Waals surface area (Å²) in [5.74, 6) is 1.52. The van der Waals surface area contributed by atoms with E-state index in [4.69, 9.17) is 22.7 Å². The number of benzene rings is 1. The zero-order chi connectivity index (χ0) is 15.2. The second-order valence-electron chi connectivity index (χ2n) is 5.53. The highest BCUT2D eigenvalue weighted by Crippen LogP contribution is 2.24. The van der Waals surface area contributed by atoms with Gasteiger partial charge in [0.15, 0.2) is 0 Å². The molecule has 2 rings (SSSR count). The number of thiocarbonyl (C=S) groups is 1. The molecule has 4 nitrogen and oxygen atoms in total. The Morgan fingerprint density at radius 3 is 2.71 bits per heavy atom. The minimum absolute atomic E-state index is 0.418. The largest absolute Gasteiger partial charge is 0.497 e. The summed E-state index contributed by atoms with van der Waals surface area (Å²) in [6.07, 6.45) is 2.49. The molecule has 0 atom stereocenters. The van der Waals surface area contributed by atoms with Crippen molar-refractivity contribution in [3.05, 3.63) is 23.8 Å². The van der Waals surface area contributed by atoms with Crippen molar-refractivity contribution in [3.63, 3.8) is 0 Å². The molecule has 21 heavy (non-hydrogen) atoms. The lowest BCUT2D eigenvalue weighted by Gasteiger charge is -2.31. The van der Waals surface area contributed by atoms with E-state index in [1.54, 1.807) is 7.11 Å². The van der Waals surface area contributed by atoms with Crippen LogP contribution in [0.15, 0.2) is 18.2 Å². The molecule has 1 fully saturated rings. The Labute approximate surface area is 132 Å². The molecule has 1 saturated heterocycles. The van der Waals surface area contributed by atoms with Gasteiger partial charge in [-0.15, -0.1) is 0 Å². The van der Waals surface area contributed by atoms with Gasteiger partial charge in [-0.3, -0.25) is 0 Å².